The number of hydrogen-bond donors (Lipinski definition) is 3. The number of carbonyl (C=O) groups excluding carboxylic acids is 2. The lowest BCUT2D eigenvalue weighted by Crippen LogP contribution is -2.45. The lowest BCUT2D eigenvalue weighted by Gasteiger charge is -2.20. The maximum atomic E-state index is 12.4. The highest BCUT2D eigenvalue weighted by molar-refractivity contribution is 5.76. The minimum atomic E-state index is -0.849. The van der Waals surface area contributed by atoms with Gasteiger partial charge >= 0.3 is 5.97 Å². The number of aliphatic hydroxyl groups excluding tert-OH is 2. The first-order valence-electron chi connectivity index (χ1n) is 25.4. The van der Waals surface area contributed by atoms with E-state index in [2.05, 4.69) is 55.6 Å². The second-order valence-electron chi connectivity index (χ2n) is 17.1. The predicted octanol–water partition coefficient (Wildman–Crippen LogP) is 15.1. The molecule has 0 saturated heterocycles. The molecule has 0 aromatic carbocycles. The summed E-state index contributed by atoms with van der Waals surface area (Å²) >= 11 is 0. The average Bonchev–Trinajstić information content (AvgIpc) is 3.24. The van der Waals surface area contributed by atoms with Crippen LogP contribution in [0, 0.1) is 0 Å². The summed E-state index contributed by atoms with van der Waals surface area (Å²) < 4.78 is 5.45. The van der Waals surface area contributed by atoms with E-state index in [0.717, 1.165) is 64.2 Å². The van der Waals surface area contributed by atoms with E-state index in [9.17, 15) is 19.8 Å². The molecule has 0 bridgehead atoms. The number of aliphatic hydroxyl groups is 2. The summed E-state index contributed by atoms with van der Waals surface area (Å²) in [5.41, 5.74) is 0. The molecule has 0 saturated carbocycles. The Balaban J connectivity index is 3.46. The number of rotatable bonds is 46. The Morgan fingerprint density at radius 3 is 1.36 bits per heavy atom. The van der Waals surface area contributed by atoms with Crippen LogP contribution in [0.5, 0.6) is 0 Å². The highest BCUT2D eigenvalue weighted by Gasteiger charge is 2.18. The lowest BCUT2D eigenvalue weighted by atomic mass is 10.1. The van der Waals surface area contributed by atoms with Crippen LogP contribution in [0.4, 0.5) is 0 Å². The van der Waals surface area contributed by atoms with Gasteiger partial charge in [-0.25, -0.2) is 0 Å². The van der Waals surface area contributed by atoms with Gasteiger partial charge in [0.2, 0.25) is 5.91 Å². The molecule has 0 aromatic rings. The summed E-state index contributed by atoms with van der Waals surface area (Å²) in [5.74, 6) is -0.0950. The van der Waals surface area contributed by atoms with Gasteiger partial charge in [-0.1, -0.05) is 204 Å². The van der Waals surface area contributed by atoms with Crippen molar-refractivity contribution in [2.24, 2.45) is 0 Å². The van der Waals surface area contributed by atoms with Crippen molar-refractivity contribution in [3.8, 4) is 0 Å². The van der Waals surface area contributed by atoms with Crippen molar-refractivity contribution in [2.75, 3.05) is 13.2 Å². The normalized spacial score (nSPS) is 13.1. The van der Waals surface area contributed by atoms with Gasteiger partial charge in [-0.15, -0.1) is 0 Å². The molecule has 0 rings (SSSR count). The minimum Gasteiger partial charge on any atom is -0.466 e. The minimum absolute atomic E-state index is 0.0127. The van der Waals surface area contributed by atoms with Gasteiger partial charge in [-0.2, -0.15) is 0 Å². The van der Waals surface area contributed by atoms with Crippen molar-refractivity contribution in [3.05, 3.63) is 48.6 Å². The van der Waals surface area contributed by atoms with Crippen LogP contribution in [0.3, 0.4) is 0 Å². The number of amides is 1. The van der Waals surface area contributed by atoms with E-state index >= 15 is 0 Å². The van der Waals surface area contributed by atoms with E-state index in [-0.39, 0.29) is 18.5 Å². The maximum Gasteiger partial charge on any atom is 0.305 e. The van der Waals surface area contributed by atoms with Crippen LogP contribution in [0.2, 0.25) is 0 Å². The number of esters is 1. The summed E-state index contributed by atoms with van der Waals surface area (Å²) in [5, 5.41) is 22.9. The molecular formula is C53H97NO5. The van der Waals surface area contributed by atoms with Crippen molar-refractivity contribution in [2.45, 2.75) is 264 Å². The van der Waals surface area contributed by atoms with Crippen molar-refractivity contribution in [1.29, 1.82) is 0 Å². The Morgan fingerprint density at radius 1 is 0.475 bits per heavy atom. The third kappa shape index (κ3) is 45.2. The molecule has 0 aliphatic rings. The highest BCUT2D eigenvalue weighted by Crippen LogP contribution is 2.14. The summed E-state index contributed by atoms with van der Waals surface area (Å²) in [6.45, 7) is 4.80. The molecule has 0 spiro atoms. The predicted molar refractivity (Wildman–Crippen MR) is 255 cm³/mol. The molecule has 2 atom stereocenters. The molecule has 0 aliphatic heterocycles. The standard InChI is InChI=1S/C53H97NO5/c1-3-5-7-9-11-13-14-15-24-27-31-35-39-43-47-53(58)59-48-44-40-36-32-28-25-22-20-18-16-17-19-21-23-26-30-34-38-42-46-52(57)54-50(49-55)51(56)45-41-37-33-29-12-10-8-6-4-2/h9,11,14-17,41,45,50-51,55-56H,3-8,10,12-13,18-40,42-44,46-49H2,1-2H3,(H,54,57)/b11-9-,15-14-,17-16-,45-41+. The van der Waals surface area contributed by atoms with Gasteiger partial charge in [0.1, 0.15) is 0 Å². The molecule has 3 N–H and O–H groups in total. The second kappa shape index (κ2) is 48.5. The smallest absolute Gasteiger partial charge is 0.305 e. The molecule has 6 nitrogen and oxygen atoms in total. The van der Waals surface area contributed by atoms with Gasteiger partial charge in [0.05, 0.1) is 25.4 Å². The van der Waals surface area contributed by atoms with Gasteiger partial charge < -0.3 is 20.3 Å². The third-order valence-electron chi connectivity index (χ3n) is 11.3. The van der Waals surface area contributed by atoms with Crippen molar-refractivity contribution >= 4 is 11.9 Å². The number of allylic oxidation sites excluding steroid dienone is 7. The molecular weight excluding hydrogens is 731 g/mol. The van der Waals surface area contributed by atoms with Gasteiger partial charge in [-0.05, 0) is 83.5 Å². The molecule has 59 heavy (non-hydrogen) atoms. The first kappa shape index (κ1) is 56.8. The second-order valence-corrected chi connectivity index (χ2v) is 17.1. The number of unbranched alkanes of at least 4 members (excludes halogenated alkanes) is 29. The van der Waals surface area contributed by atoms with Crippen LogP contribution in [0.15, 0.2) is 48.6 Å². The molecule has 0 heterocycles. The van der Waals surface area contributed by atoms with Crippen LogP contribution < -0.4 is 5.32 Å². The molecule has 0 aromatic heterocycles. The number of carbonyl (C=O) groups is 2. The van der Waals surface area contributed by atoms with Gasteiger partial charge in [-0.3, -0.25) is 9.59 Å². The van der Waals surface area contributed by atoms with Crippen LogP contribution in [-0.4, -0.2) is 47.4 Å². The van der Waals surface area contributed by atoms with Crippen LogP contribution in [0.25, 0.3) is 0 Å². The number of hydrogen-bond acceptors (Lipinski definition) is 5. The molecule has 6 heteroatoms. The summed E-state index contributed by atoms with van der Waals surface area (Å²) in [6, 6.07) is -0.633. The SMILES string of the molecule is CCCC/C=C\C/C=C\CCCCCCCC(=O)OCCCCCCCCCC/C=C\CCCCCCCCCC(=O)NC(CO)C(O)/C=C/CCCCCCCCC. The third-order valence-corrected chi connectivity index (χ3v) is 11.3. The van der Waals surface area contributed by atoms with Crippen LogP contribution in [0.1, 0.15) is 251 Å². The zero-order valence-electron chi connectivity index (χ0n) is 39.0. The molecule has 0 aliphatic carbocycles. The quantitative estimate of drug-likeness (QED) is 0.0323. The van der Waals surface area contributed by atoms with Crippen molar-refractivity contribution in [3.63, 3.8) is 0 Å². The Bertz CT molecular complexity index is 1000. The Labute approximate surface area is 366 Å². The fourth-order valence-electron chi connectivity index (χ4n) is 7.35. The largest absolute Gasteiger partial charge is 0.466 e. The summed E-state index contributed by atoms with van der Waals surface area (Å²) in [7, 11) is 0. The van der Waals surface area contributed by atoms with Crippen LogP contribution >= 0.6 is 0 Å². The van der Waals surface area contributed by atoms with E-state index in [1.54, 1.807) is 6.08 Å². The van der Waals surface area contributed by atoms with E-state index in [1.807, 2.05) is 6.08 Å². The van der Waals surface area contributed by atoms with Gasteiger partial charge in [0.15, 0.2) is 0 Å². The summed E-state index contributed by atoms with van der Waals surface area (Å²) in [4.78, 5) is 24.4. The van der Waals surface area contributed by atoms with Gasteiger partial charge in [0.25, 0.3) is 0 Å². The highest BCUT2D eigenvalue weighted by atomic mass is 16.5. The van der Waals surface area contributed by atoms with Gasteiger partial charge in [0, 0.05) is 12.8 Å². The molecule has 0 radical (unpaired) electrons. The van der Waals surface area contributed by atoms with E-state index in [0.29, 0.717) is 19.4 Å². The Hall–Kier alpha value is -2.18. The summed E-state index contributed by atoms with van der Waals surface area (Å²) in [6.07, 6.45) is 59.7. The zero-order chi connectivity index (χ0) is 43.0. The zero-order valence-corrected chi connectivity index (χ0v) is 39.0. The van der Waals surface area contributed by atoms with Crippen molar-refractivity contribution < 1.29 is 24.5 Å². The van der Waals surface area contributed by atoms with Crippen LogP contribution in [-0.2, 0) is 14.3 Å². The van der Waals surface area contributed by atoms with E-state index < -0.39 is 12.1 Å². The molecule has 0 fully saturated rings. The first-order chi connectivity index (χ1) is 29.0. The van der Waals surface area contributed by atoms with Crippen molar-refractivity contribution in [1.82, 2.24) is 5.32 Å². The monoisotopic (exact) mass is 828 g/mol. The number of nitrogens with one attached hydrogen (secondary N) is 1. The number of ether oxygens (including phenoxy) is 1. The Morgan fingerprint density at radius 2 is 0.864 bits per heavy atom. The topological polar surface area (TPSA) is 95.9 Å². The van der Waals surface area contributed by atoms with E-state index in [1.165, 1.54) is 161 Å². The first-order valence-corrected chi connectivity index (χ1v) is 25.4. The van der Waals surface area contributed by atoms with E-state index in [4.69, 9.17) is 4.74 Å². The Kier molecular flexibility index (Phi) is 46.7. The fraction of sp³-hybridized carbons (Fsp3) is 0.811. The molecule has 2 unspecified atom stereocenters. The molecule has 1 amide bonds. The lowest BCUT2D eigenvalue weighted by molar-refractivity contribution is -0.143. The maximum absolute atomic E-state index is 12.4. The fourth-order valence-corrected chi connectivity index (χ4v) is 7.35. The molecule has 344 valence electrons. The average molecular weight is 828 g/mol.